The van der Waals surface area contributed by atoms with Crippen LogP contribution in [0.25, 0.3) is 22.2 Å². The Labute approximate surface area is 174 Å². The van der Waals surface area contributed by atoms with Crippen molar-refractivity contribution in [2.45, 2.75) is 38.9 Å². The molecule has 2 aromatic heterocycles. The number of ether oxygens (including phenoxy) is 1. The van der Waals surface area contributed by atoms with E-state index in [0.717, 1.165) is 61.2 Å². The number of anilines is 1. The van der Waals surface area contributed by atoms with Crippen LogP contribution in [0.1, 0.15) is 31.9 Å². The Morgan fingerprint density at radius 3 is 2.86 bits per heavy atom. The van der Waals surface area contributed by atoms with Crippen LogP contribution in [0.2, 0.25) is 5.02 Å². The molecule has 1 atom stereocenters. The molecule has 5 rings (SSSR count). The van der Waals surface area contributed by atoms with Crippen LogP contribution in [-0.4, -0.2) is 51.1 Å². The molecule has 0 amide bonds. The number of piperidine rings is 1. The van der Waals surface area contributed by atoms with E-state index in [4.69, 9.17) is 21.3 Å². The lowest BCUT2D eigenvalue weighted by Gasteiger charge is -2.39. The number of hydrogen-bond donors (Lipinski definition) is 2. The van der Waals surface area contributed by atoms with Gasteiger partial charge in [-0.15, -0.1) is 0 Å². The van der Waals surface area contributed by atoms with E-state index in [1.165, 1.54) is 0 Å². The number of aliphatic hydroxyl groups excluding tert-OH is 1. The van der Waals surface area contributed by atoms with Gasteiger partial charge < -0.3 is 14.7 Å². The Kier molecular flexibility index (Phi) is 4.69. The first-order valence-corrected chi connectivity index (χ1v) is 10.4. The predicted octanol–water partition coefficient (Wildman–Crippen LogP) is 3.56. The largest absolute Gasteiger partial charge is 0.390 e. The molecule has 4 heterocycles. The summed E-state index contributed by atoms with van der Waals surface area (Å²) in [5.41, 5.74) is 3.27. The standard InChI is InChI=1S/C21H24ClN5O2/c1-13-8-21(12-29-13)2-4-27(5-3-21)20-19(11-28)25-18(10-23-20)14-6-16(22)15-9-24-26-17(15)7-14/h6-7,9-10,13,28H,2-5,8,11-12H2,1H3,(H,24,26)/t13-/m0/s1. The summed E-state index contributed by atoms with van der Waals surface area (Å²) in [4.78, 5) is 11.6. The summed E-state index contributed by atoms with van der Waals surface area (Å²) in [5, 5.41) is 18.4. The predicted molar refractivity (Wildman–Crippen MR) is 112 cm³/mol. The zero-order valence-corrected chi connectivity index (χ0v) is 17.1. The zero-order chi connectivity index (χ0) is 20.0. The van der Waals surface area contributed by atoms with Crippen LogP contribution in [0.5, 0.6) is 0 Å². The van der Waals surface area contributed by atoms with Crippen LogP contribution in [0.4, 0.5) is 5.82 Å². The van der Waals surface area contributed by atoms with Gasteiger partial charge in [0, 0.05) is 24.0 Å². The molecule has 2 fully saturated rings. The number of fused-ring (bicyclic) bond motifs is 1. The Morgan fingerprint density at radius 2 is 2.14 bits per heavy atom. The van der Waals surface area contributed by atoms with Crippen molar-refractivity contribution < 1.29 is 9.84 Å². The third-order valence-electron chi connectivity index (χ3n) is 6.29. The van der Waals surface area contributed by atoms with E-state index < -0.39 is 0 Å². The summed E-state index contributed by atoms with van der Waals surface area (Å²) in [5.74, 6) is 0.770. The second-order valence-corrected chi connectivity index (χ2v) is 8.69. The highest BCUT2D eigenvalue weighted by molar-refractivity contribution is 6.35. The lowest BCUT2D eigenvalue weighted by molar-refractivity contribution is 0.0975. The maximum Gasteiger partial charge on any atom is 0.152 e. The Hall–Kier alpha value is -2.22. The Bertz CT molecular complexity index is 1040. The first-order chi connectivity index (χ1) is 14.1. The van der Waals surface area contributed by atoms with Crippen molar-refractivity contribution in [3.63, 3.8) is 0 Å². The minimum absolute atomic E-state index is 0.155. The van der Waals surface area contributed by atoms with Gasteiger partial charge in [-0.1, -0.05) is 11.6 Å². The zero-order valence-electron chi connectivity index (χ0n) is 16.4. The Balaban J connectivity index is 1.41. The second kappa shape index (κ2) is 7.23. The van der Waals surface area contributed by atoms with Crippen molar-refractivity contribution in [3.8, 4) is 11.3 Å². The fourth-order valence-electron chi connectivity index (χ4n) is 4.67. The summed E-state index contributed by atoms with van der Waals surface area (Å²) in [7, 11) is 0. The number of aliphatic hydroxyl groups is 1. The van der Waals surface area contributed by atoms with E-state index >= 15 is 0 Å². The molecule has 0 saturated carbocycles. The van der Waals surface area contributed by atoms with Gasteiger partial charge in [0.25, 0.3) is 0 Å². The smallest absolute Gasteiger partial charge is 0.152 e. The number of rotatable bonds is 3. The number of H-pyrrole nitrogens is 1. The lowest BCUT2D eigenvalue weighted by Crippen LogP contribution is -2.41. The maximum absolute atomic E-state index is 9.96. The number of aromatic nitrogens is 4. The molecule has 0 bridgehead atoms. The fourth-order valence-corrected chi connectivity index (χ4v) is 4.94. The molecule has 2 aliphatic heterocycles. The summed E-state index contributed by atoms with van der Waals surface area (Å²) in [6.07, 6.45) is 7.11. The van der Waals surface area contributed by atoms with Crippen molar-refractivity contribution in [2.24, 2.45) is 5.41 Å². The molecule has 152 valence electrons. The molecule has 8 heteroatoms. The summed E-state index contributed by atoms with van der Waals surface area (Å²) in [6, 6.07) is 3.81. The van der Waals surface area contributed by atoms with E-state index in [-0.39, 0.29) is 6.61 Å². The van der Waals surface area contributed by atoms with Gasteiger partial charge in [-0.25, -0.2) is 9.97 Å². The third kappa shape index (κ3) is 3.37. The highest BCUT2D eigenvalue weighted by atomic mass is 35.5. The highest BCUT2D eigenvalue weighted by Crippen LogP contribution is 2.42. The number of nitrogens with one attached hydrogen (secondary N) is 1. The molecule has 7 nitrogen and oxygen atoms in total. The van der Waals surface area contributed by atoms with Crippen LogP contribution in [0, 0.1) is 5.41 Å². The molecule has 1 aromatic carbocycles. The minimum atomic E-state index is -0.155. The van der Waals surface area contributed by atoms with Crippen molar-refractivity contribution in [2.75, 3.05) is 24.6 Å². The Morgan fingerprint density at radius 1 is 1.31 bits per heavy atom. The molecule has 0 radical (unpaired) electrons. The van der Waals surface area contributed by atoms with Gasteiger partial charge in [0.1, 0.15) is 5.69 Å². The van der Waals surface area contributed by atoms with Crippen LogP contribution < -0.4 is 4.90 Å². The summed E-state index contributed by atoms with van der Waals surface area (Å²) < 4.78 is 5.83. The van der Waals surface area contributed by atoms with Gasteiger partial charge in [-0.05, 0) is 43.7 Å². The minimum Gasteiger partial charge on any atom is -0.390 e. The van der Waals surface area contributed by atoms with Crippen molar-refractivity contribution in [1.29, 1.82) is 0 Å². The van der Waals surface area contributed by atoms with Gasteiger partial charge in [0.05, 0.1) is 47.9 Å². The van der Waals surface area contributed by atoms with Crippen molar-refractivity contribution >= 4 is 28.3 Å². The molecule has 1 spiro atoms. The van der Waals surface area contributed by atoms with Gasteiger partial charge >= 0.3 is 0 Å². The molecule has 0 unspecified atom stereocenters. The van der Waals surface area contributed by atoms with E-state index in [9.17, 15) is 5.11 Å². The van der Waals surface area contributed by atoms with Gasteiger partial charge in [0.15, 0.2) is 5.82 Å². The summed E-state index contributed by atoms with van der Waals surface area (Å²) in [6.45, 7) is 4.67. The van der Waals surface area contributed by atoms with Crippen molar-refractivity contribution in [1.82, 2.24) is 20.2 Å². The maximum atomic E-state index is 9.96. The number of benzene rings is 1. The molecular formula is C21H24ClN5O2. The topological polar surface area (TPSA) is 87.2 Å². The van der Waals surface area contributed by atoms with Crippen LogP contribution in [0.3, 0.4) is 0 Å². The molecule has 2 aliphatic rings. The van der Waals surface area contributed by atoms with E-state index in [1.54, 1.807) is 12.4 Å². The molecule has 3 aromatic rings. The summed E-state index contributed by atoms with van der Waals surface area (Å²) >= 11 is 6.37. The molecule has 2 N–H and O–H groups in total. The SMILES string of the molecule is C[C@H]1CC2(CCN(c3ncc(-c4cc(Cl)c5cn[nH]c5c4)nc3CO)CC2)CO1. The molecule has 0 aliphatic carbocycles. The monoisotopic (exact) mass is 413 g/mol. The van der Waals surface area contributed by atoms with Crippen LogP contribution >= 0.6 is 11.6 Å². The lowest BCUT2D eigenvalue weighted by atomic mass is 9.77. The van der Waals surface area contributed by atoms with Gasteiger partial charge in [-0.2, -0.15) is 5.10 Å². The van der Waals surface area contributed by atoms with E-state index in [2.05, 4.69) is 27.0 Å². The number of nitrogens with zero attached hydrogens (tertiary/aromatic N) is 4. The average Bonchev–Trinajstić information content (AvgIpc) is 3.35. The normalized spacial score (nSPS) is 21.3. The van der Waals surface area contributed by atoms with Gasteiger partial charge in [-0.3, -0.25) is 5.10 Å². The molecular weight excluding hydrogens is 390 g/mol. The van der Waals surface area contributed by atoms with E-state index in [1.807, 2.05) is 12.1 Å². The quantitative estimate of drug-likeness (QED) is 0.682. The first kappa shape index (κ1) is 18.8. The first-order valence-electron chi connectivity index (χ1n) is 10.0. The number of aromatic amines is 1. The average molecular weight is 414 g/mol. The van der Waals surface area contributed by atoms with Crippen molar-refractivity contribution in [3.05, 3.63) is 35.2 Å². The van der Waals surface area contributed by atoms with Gasteiger partial charge in [0.2, 0.25) is 0 Å². The molecule has 29 heavy (non-hydrogen) atoms. The van der Waals surface area contributed by atoms with E-state index in [0.29, 0.717) is 27.9 Å². The van der Waals surface area contributed by atoms with Crippen LogP contribution in [-0.2, 0) is 11.3 Å². The number of hydrogen-bond acceptors (Lipinski definition) is 6. The third-order valence-corrected chi connectivity index (χ3v) is 6.61. The second-order valence-electron chi connectivity index (χ2n) is 8.29. The fraction of sp³-hybridized carbons (Fsp3) is 0.476. The van der Waals surface area contributed by atoms with Crippen LogP contribution in [0.15, 0.2) is 24.5 Å². The number of halogens is 1. The molecule has 2 saturated heterocycles. The highest BCUT2D eigenvalue weighted by Gasteiger charge is 2.41.